The van der Waals surface area contributed by atoms with Gasteiger partial charge in [-0.15, -0.1) is 11.3 Å². The SMILES string of the molecule is CCNc1nc(OCCCN(C)C)c2cc(C)sc2n1. The van der Waals surface area contributed by atoms with Gasteiger partial charge in [0.15, 0.2) is 0 Å². The van der Waals surface area contributed by atoms with Crippen LogP contribution >= 0.6 is 11.3 Å². The average Bonchev–Trinajstić information content (AvgIpc) is 2.75. The van der Waals surface area contributed by atoms with Crippen molar-refractivity contribution in [1.29, 1.82) is 0 Å². The predicted octanol–water partition coefficient (Wildman–Crippen LogP) is 2.76. The lowest BCUT2D eigenvalue weighted by molar-refractivity contribution is 0.276. The van der Waals surface area contributed by atoms with E-state index in [1.807, 2.05) is 6.92 Å². The van der Waals surface area contributed by atoms with Gasteiger partial charge in [-0.25, -0.2) is 4.98 Å². The Bertz CT molecular complexity index is 568. The summed E-state index contributed by atoms with van der Waals surface area (Å²) in [7, 11) is 4.13. The van der Waals surface area contributed by atoms with Crippen molar-refractivity contribution in [3.63, 3.8) is 0 Å². The third kappa shape index (κ3) is 3.80. The van der Waals surface area contributed by atoms with E-state index >= 15 is 0 Å². The maximum atomic E-state index is 5.86. The first-order valence-corrected chi connectivity index (χ1v) is 7.71. The highest BCUT2D eigenvalue weighted by molar-refractivity contribution is 7.18. The van der Waals surface area contributed by atoms with E-state index in [-0.39, 0.29) is 0 Å². The molecule has 0 radical (unpaired) electrons. The molecule has 2 rings (SSSR count). The third-order valence-electron chi connectivity index (χ3n) is 2.80. The van der Waals surface area contributed by atoms with E-state index in [9.17, 15) is 0 Å². The van der Waals surface area contributed by atoms with Crippen LogP contribution in [0.25, 0.3) is 10.2 Å². The molecule has 0 aliphatic rings. The zero-order valence-electron chi connectivity index (χ0n) is 12.6. The number of hydrogen-bond acceptors (Lipinski definition) is 6. The van der Waals surface area contributed by atoms with Crippen LogP contribution in [0.3, 0.4) is 0 Å². The molecule has 0 amide bonds. The number of anilines is 1. The van der Waals surface area contributed by atoms with Gasteiger partial charge in [-0.1, -0.05) is 0 Å². The lowest BCUT2D eigenvalue weighted by Gasteiger charge is -2.11. The van der Waals surface area contributed by atoms with E-state index in [1.54, 1.807) is 11.3 Å². The molecule has 110 valence electrons. The monoisotopic (exact) mass is 294 g/mol. The van der Waals surface area contributed by atoms with Crippen molar-refractivity contribution >= 4 is 27.5 Å². The topological polar surface area (TPSA) is 50.3 Å². The molecule has 0 atom stereocenters. The van der Waals surface area contributed by atoms with Crippen LogP contribution in [0.5, 0.6) is 5.88 Å². The van der Waals surface area contributed by atoms with Crippen molar-refractivity contribution in [2.24, 2.45) is 0 Å². The molecule has 0 aliphatic heterocycles. The third-order valence-corrected chi connectivity index (χ3v) is 3.75. The average molecular weight is 294 g/mol. The minimum Gasteiger partial charge on any atom is -0.477 e. The van der Waals surface area contributed by atoms with Crippen molar-refractivity contribution in [1.82, 2.24) is 14.9 Å². The Hall–Kier alpha value is -1.40. The van der Waals surface area contributed by atoms with E-state index in [2.05, 4.69) is 47.3 Å². The smallest absolute Gasteiger partial charge is 0.227 e. The summed E-state index contributed by atoms with van der Waals surface area (Å²) in [6, 6.07) is 2.09. The van der Waals surface area contributed by atoms with Crippen LogP contribution in [0.4, 0.5) is 5.95 Å². The molecule has 5 nitrogen and oxygen atoms in total. The molecule has 0 unspecified atom stereocenters. The summed E-state index contributed by atoms with van der Waals surface area (Å²) < 4.78 is 5.86. The van der Waals surface area contributed by atoms with E-state index < -0.39 is 0 Å². The molecule has 0 aromatic carbocycles. The largest absolute Gasteiger partial charge is 0.477 e. The number of aryl methyl sites for hydroxylation is 1. The van der Waals surface area contributed by atoms with Crippen LogP contribution in [0.2, 0.25) is 0 Å². The lowest BCUT2D eigenvalue weighted by Crippen LogP contribution is -2.16. The van der Waals surface area contributed by atoms with Gasteiger partial charge >= 0.3 is 0 Å². The molecule has 2 heterocycles. The number of aromatic nitrogens is 2. The lowest BCUT2D eigenvalue weighted by atomic mass is 10.3. The fourth-order valence-electron chi connectivity index (χ4n) is 1.91. The highest BCUT2D eigenvalue weighted by Crippen LogP contribution is 2.31. The van der Waals surface area contributed by atoms with Gasteiger partial charge in [0, 0.05) is 18.0 Å². The number of ether oxygens (including phenoxy) is 1. The van der Waals surface area contributed by atoms with E-state index in [0.717, 1.165) is 29.7 Å². The summed E-state index contributed by atoms with van der Waals surface area (Å²) in [4.78, 5) is 13.3. The summed E-state index contributed by atoms with van der Waals surface area (Å²) in [5, 5.41) is 4.17. The maximum absolute atomic E-state index is 5.86. The van der Waals surface area contributed by atoms with Crippen molar-refractivity contribution in [3.05, 3.63) is 10.9 Å². The summed E-state index contributed by atoms with van der Waals surface area (Å²) in [5.74, 6) is 1.33. The van der Waals surface area contributed by atoms with Crippen LogP contribution in [0, 0.1) is 6.92 Å². The first kappa shape index (κ1) is 15.0. The number of fused-ring (bicyclic) bond motifs is 1. The van der Waals surface area contributed by atoms with Gasteiger partial charge in [-0.3, -0.25) is 0 Å². The molecule has 0 fully saturated rings. The molecule has 0 bridgehead atoms. The number of thiophene rings is 1. The minimum atomic E-state index is 0.643. The molecular weight excluding hydrogens is 272 g/mol. The number of hydrogen-bond donors (Lipinski definition) is 1. The predicted molar refractivity (Wildman–Crippen MR) is 85.0 cm³/mol. The van der Waals surface area contributed by atoms with Crippen LogP contribution in [-0.2, 0) is 0 Å². The molecule has 0 spiro atoms. The minimum absolute atomic E-state index is 0.643. The zero-order chi connectivity index (χ0) is 14.5. The van der Waals surface area contributed by atoms with Crippen molar-refractivity contribution in [2.45, 2.75) is 20.3 Å². The Morgan fingerprint density at radius 2 is 2.15 bits per heavy atom. The molecule has 20 heavy (non-hydrogen) atoms. The van der Waals surface area contributed by atoms with Crippen LogP contribution in [0.1, 0.15) is 18.2 Å². The quantitative estimate of drug-likeness (QED) is 0.796. The number of rotatable bonds is 7. The molecule has 0 aliphatic carbocycles. The Labute approximate surface area is 124 Å². The van der Waals surface area contributed by atoms with E-state index in [1.165, 1.54) is 4.88 Å². The second kappa shape index (κ2) is 6.85. The van der Waals surface area contributed by atoms with Crippen molar-refractivity contribution in [3.8, 4) is 5.88 Å². The van der Waals surface area contributed by atoms with E-state index in [0.29, 0.717) is 18.4 Å². The standard InChI is InChI=1S/C14H22N4OS/c1-5-15-14-16-12(19-8-6-7-18(3)4)11-9-10(2)20-13(11)17-14/h9H,5-8H2,1-4H3,(H,15,16,17). The van der Waals surface area contributed by atoms with Gasteiger partial charge in [0.2, 0.25) is 11.8 Å². The van der Waals surface area contributed by atoms with Gasteiger partial charge < -0.3 is 15.0 Å². The maximum Gasteiger partial charge on any atom is 0.227 e. The Morgan fingerprint density at radius 1 is 1.35 bits per heavy atom. The molecule has 0 saturated carbocycles. The van der Waals surface area contributed by atoms with Crippen LogP contribution in [-0.4, -0.2) is 48.7 Å². The molecule has 0 saturated heterocycles. The molecule has 1 N–H and O–H groups in total. The molecule has 6 heteroatoms. The Morgan fingerprint density at radius 3 is 2.85 bits per heavy atom. The van der Waals surface area contributed by atoms with Gasteiger partial charge in [-0.05, 0) is 40.4 Å². The second-order valence-corrected chi connectivity index (χ2v) is 6.20. The Kier molecular flexibility index (Phi) is 5.14. The van der Waals surface area contributed by atoms with Crippen LogP contribution in [0.15, 0.2) is 6.07 Å². The molecule has 2 aromatic heterocycles. The first-order chi connectivity index (χ1) is 9.60. The van der Waals surface area contributed by atoms with Gasteiger partial charge in [0.25, 0.3) is 0 Å². The first-order valence-electron chi connectivity index (χ1n) is 6.89. The van der Waals surface area contributed by atoms with Gasteiger partial charge in [0.1, 0.15) is 4.83 Å². The second-order valence-electron chi connectivity index (χ2n) is 4.96. The normalized spacial score (nSPS) is 11.2. The number of nitrogens with zero attached hydrogens (tertiary/aromatic N) is 3. The molecule has 2 aromatic rings. The van der Waals surface area contributed by atoms with Crippen molar-refractivity contribution < 1.29 is 4.74 Å². The number of nitrogens with one attached hydrogen (secondary N) is 1. The highest BCUT2D eigenvalue weighted by atomic mass is 32.1. The summed E-state index contributed by atoms with van der Waals surface area (Å²) in [6.07, 6.45) is 0.984. The van der Waals surface area contributed by atoms with Crippen molar-refractivity contribution in [2.75, 3.05) is 39.1 Å². The highest BCUT2D eigenvalue weighted by Gasteiger charge is 2.11. The fourth-order valence-corrected chi connectivity index (χ4v) is 2.78. The fraction of sp³-hybridized carbons (Fsp3) is 0.571. The Balaban J connectivity index is 2.16. The van der Waals surface area contributed by atoms with Gasteiger partial charge in [0.05, 0.1) is 12.0 Å². The van der Waals surface area contributed by atoms with E-state index in [4.69, 9.17) is 4.74 Å². The summed E-state index contributed by atoms with van der Waals surface area (Å²) in [5.41, 5.74) is 0. The summed E-state index contributed by atoms with van der Waals surface area (Å²) >= 11 is 1.67. The zero-order valence-corrected chi connectivity index (χ0v) is 13.4. The van der Waals surface area contributed by atoms with Crippen LogP contribution < -0.4 is 10.1 Å². The molecular formula is C14H22N4OS. The van der Waals surface area contributed by atoms with Gasteiger partial charge in [-0.2, -0.15) is 4.98 Å². The summed E-state index contributed by atoms with van der Waals surface area (Å²) in [6.45, 7) is 6.59.